The van der Waals surface area contributed by atoms with Gasteiger partial charge in [0.1, 0.15) is 5.78 Å². The smallest absolute Gasteiger partial charge is 0.224 e. The molecule has 1 rings (SSSR count). The Labute approximate surface area is 269 Å². The van der Waals surface area contributed by atoms with Crippen LogP contribution in [-0.2, 0) is 24.0 Å². The number of amides is 3. The Kier molecular flexibility index (Phi) is 18.7. The van der Waals surface area contributed by atoms with Crippen LogP contribution >= 0.6 is 11.3 Å². The zero-order valence-corrected chi connectivity index (χ0v) is 27.6. The van der Waals surface area contributed by atoms with Crippen LogP contribution in [0.2, 0.25) is 0 Å². The fraction of sp³-hybridized carbons (Fsp3) is 0.677. The number of carbonyl (C=O) groups excluding carboxylic acids is 6. The maximum absolute atomic E-state index is 13.6. The normalized spacial score (nSPS) is 13.8. The van der Waals surface area contributed by atoms with Crippen LogP contribution in [0.3, 0.4) is 0 Å². The molecule has 0 aromatic carbocycles. The molecule has 252 valence electrons. The Balaban J connectivity index is 3.16. The number of amidine groups is 1. The molecule has 0 saturated heterocycles. The zero-order valence-electron chi connectivity index (χ0n) is 26.8. The number of ketones is 3. The van der Waals surface area contributed by atoms with Gasteiger partial charge in [0.05, 0.1) is 17.9 Å². The number of thiazole rings is 1. The number of hydrogen-bond acceptors (Lipinski definition) is 10. The molecule has 0 aliphatic rings. The summed E-state index contributed by atoms with van der Waals surface area (Å²) in [5, 5.41) is 14.9. The summed E-state index contributed by atoms with van der Waals surface area (Å²) in [5.74, 6) is -3.96. The molecule has 0 spiro atoms. The van der Waals surface area contributed by atoms with Crippen molar-refractivity contribution in [3.8, 4) is 0 Å². The van der Waals surface area contributed by atoms with E-state index in [4.69, 9.17) is 22.6 Å². The molecule has 3 amide bonds. The highest BCUT2D eigenvalue weighted by molar-refractivity contribution is 7.11. The highest BCUT2D eigenvalue weighted by atomic mass is 32.1. The van der Waals surface area contributed by atoms with Crippen LogP contribution in [0, 0.1) is 23.2 Å². The first kappa shape index (κ1) is 39.5. The van der Waals surface area contributed by atoms with Crippen molar-refractivity contribution in [1.82, 2.24) is 15.6 Å². The molecule has 0 aliphatic carbocycles. The molecule has 0 unspecified atom stereocenters. The zero-order chi connectivity index (χ0) is 33.9. The van der Waals surface area contributed by atoms with Crippen molar-refractivity contribution in [3.63, 3.8) is 0 Å². The number of Topliss-reactive ketones (excluding diaryl/α,β-unsaturated/α-hetero) is 3. The Bertz CT molecular complexity index is 1140. The highest BCUT2D eigenvalue weighted by Gasteiger charge is 2.32. The Morgan fingerprint density at radius 3 is 2.07 bits per heavy atom. The highest BCUT2D eigenvalue weighted by Crippen LogP contribution is 2.21. The number of aromatic nitrogens is 1. The van der Waals surface area contributed by atoms with Crippen LogP contribution < -0.4 is 27.8 Å². The maximum Gasteiger partial charge on any atom is 0.224 e. The van der Waals surface area contributed by atoms with Gasteiger partial charge < -0.3 is 32.6 Å². The SMILES string of the molecule is CC(=O)C[C@@H](CCCCN)C(=O)N[C@@H](CCC(N)=O)C(=O)C[C@@H](CC(C)C)C(=O)N[C@@H](CCCCC(=N)N)C(=O)c1nccs1. The molecule has 14 heteroatoms. The second-order valence-corrected chi connectivity index (χ2v) is 12.9. The molecule has 0 bridgehead atoms. The molecule has 0 fully saturated rings. The van der Waals surface area contributed by atoms with Crippen molar-refractivity contribution in [3.05, 3.63) is 16.6 Å². The number of nitrogens with zero attached hydrogens (tertiary/aromatic N) is 1. The summed E-state index contributed by atoms with van der Waals surface area (Å²) >= 11 is 1.16. The number of nitrogens with two attached hydrogens (primary N) is 3. The monoisotopic (exact) mass is 649 g/mol. The fourth-order valence-corrected chi connectivity index (χ4v) is 5.68. The van der Waals surface area contributed by atoms with E-state index in [0.29, 0.717) is 57.9 Å². The second-order valence-electron chi connectivity index (χ2n) is 12.0. The number of primary amides is 1. The first-order valence-corrected chi connectivity index (χ1v) is 16.5. The van der Waals surface area contributed by atoms with Gasteiger partial charge in [-0.1, -0.05) is 26.7 Å². The summed E-state index contributed by atoms with van der Waals surface area (Å²) in [6.45, 7) is 5.65. The largest absolute Gasteiger partial charge is 0.388 e. The molecule has 9 N–H and O–H groups in total. The van der Waals surface area contributed by atoms with Gasteiger partial charge in [0, 0.05) is 49.1 Å². The predicted molar refractivity (Wildman–Crippen MR) is 173 cm³/mol. The summed E-state index contributed by atoms with van der Waals surface area (Å²) in [4.78, 5) is 81.3. The minimum Gasteiger partial charge on any atom is -0.388 e. The number of carbonyl (C=O) groups is 6. The van der Waals surface area contributed by atoms with Gasteiger partial charge in [-0.25, -0.2) is 4.98 Å². The van der Waals surface area contributed by atoms with E-state index >= 15 is 0 Å². The molecule has 0 radical (unpaired) electrons. The summed E-state index contributed by atoms with van der Waals surface area (Å²) < 4.78 is 0. The van der Waals surface area contributed by atoms with Crippen LogP contribution in [0.4, 0.5) is 0 Å². The molecule has 4 atom stereocenters. The van der Waals surface area contributed by atoms with E-state index in [-0.39, 0.29) is 54.0 Å². The second kappa shape index (κ2) is 21.3. The van der Waals surface area contributed by atoms with Gasteiger partial charge in [0.25, 0.3) is 0 Å². The summed E-state index contributed by atoms with van der Waals surface area (Å²) in [5.41, 5.74) is 16.4. The first-order chi connectivity index (χ1) is 21.2. The average Bonchev–Trinajstić information content (AvgIpc) is 3.50. The number of unbranched alkanes of at least 4 members (excludes halogenated alkanes) is 2. The van der Waals surface area contributed by atoms with Crippen molar-refractivity contribution >= 4 is 52.2 Å². The number of nitrogens with one attached hydrogen (secondary N) is 3. The third kappa shape index (κ3) is 16.4. The molecule has 45 heavy (non-hydrogen) atoms. The van der Waals surface area contributed by atoms with Gasteiger partial charge in [-0.15, -0.1) is 11.3 Å². The van der Waals surface area contributed by atoms with E-state index in [1.807, 2.05) is 13.8 Å². The Morgan fingerprint density at radius 1 is 0.867 bits per heavy atom. The van der Waals surface area contributed by atoms with Gasteiger partial charge in [-0.2, -0.15) is 0 Å². The number of hydrogen-bond donors (Lipinski definition) is 6. The van der Waals surface area contributed by atoms with Crippen LogP contribution in [0.25, 0.3) is 0 Å². The molecular formula is C31H51N7O6S. The quantitative estimate of drug-likeness (QED) is 0.0394. The molecule has 1 aromatic heterocycles. The van der Waals surface area contributed by atoms with Crippen molar-refractivity contribution in [2.45, 2.75) is 110 Å². The lowest BCUT2D eigenvalue weighted by Crippen LogP contribution is -2.47. The predicted octanol–water partition coefficient (Wildman–Crippen LogP) is 2.40. The molecule has 1 heterocycles. The third-order valence-electron chi connectivity index (χ3n) is 7.34. The van der Waals surface area contributed by atoms with Gasteiger partial charge in [-0.05, 0) is 57.9 Å². The molecule has 0 saturated carbocycles. The third-order valence-corrected chi connectivity index (χ3v) is 8.12. The average molecular weight is 650 g/mol. The van der Waals surface area contributed by atoms with Crippen LogP contribution in [0.15, 0.2) is 11.6 Å². The van der Waals surface area contributed by atoms with Gasteiger partial charge >= 0.3 is 0 Å². The lowest BCUT2D eigenvalue weighted by Gasteiger charge is -2.25. The first-order valence-electron chi connectivity index (χ1n) is 15.6. The molecule has 0 aliphatic heterocycles. The van der Waals surface area contributed by atoms with E-state index in [9.17, 15) is 28.8 Å². The van der Waals surface area contributed by atoms with Gasteiger partial charge in [0.15, 0.2) is 10.8 Å². The topological polar surface area (TPSA) is 241 Å². The van der Waals surface area contributed by atoms with Crippen molar-refractivity contribution in [2.75, 3.05) is 6.54 Å². The maximum atomic E-state index is 13.6. The summed E-state index contributed by atoms with van der Waals surface area (Å²) in [6.07, 6.45) is 4.91. The fourth-order valence-electron chi connectivity index (χ4n) is 5.05. The van der Waals surface area contributed by atoms with E-state index in [2.05, 4.69) is 15.6 Å². The Hall–Kier alpha value is -3.52. The van der Waals surface area contributed by atoms with Crippen molar-refractivity contribution in [1.29, 1.82) is 5.41 Å². The molecule has 13 nitrogen and oxygen atoms in total. The minimum absolute atomic E-state index is 0.00639. The lowest BCUT2D eigenvalue weighted by atomic mass is 9.88. The van der Waals surface area contributed by atoms with Gasteiger partial charge in [0.2, 0.25) is 23.5 Å². The van der Waals surface area contributed by atoms with E-state index in [1.54, 1.807) is 5.38 Å². The number of rotatable bonds is 25. The van der Waals surface area contributed by atoms with Crippen molar-refractivity contribution < 1.29 is 28.8 Å². The molecular weight excluding hydrogens is 598 g/mol. The lowest BCUT2D eigenvalue weighted by molar-refractivity contribution is -0.134. The van der Waals surface area contributed by atoms with Crippen molar-refractivity contribution in [2.24, 2.45) is 35.0 Å². The van der Waals surface area contributed by atoms with Crippen LogP contribution in [-0.4, -0.2) is 64.5 Å². The Morgan fingerprint density at radius 2 is 1.51 bits per heavy atom. The minimum atomic E-state index is -1.09. The molecule has 1 aromatic rings. The van der Waals surface area contributed by atoms with E-state index in [0.717, 1.165) is 11.3 Å². The van der Waals surface area contributed by atoms with Crippen LogP contribution in [0.5, 0.6) is 0 Å². The summed E-state index contributed by atoms with van der Waals surface area (Å²) in [6, 6.07) is -1.97. The van der Waals surface area contributed by atoms with E-state index < -0.39 is 47.4 Å². The van der Waals surface area contributed by atoms with Gasteiger partial charge in [-0.3, -0.25) is 29.4 Å². The van der Waals surface area contributed by atoms with Crippen LogP contribution in [0.1, 0.15) is 108 Å². The standard InChI is InChI=1S/C31H51N7O6S/c1-19(2)16-22(30(44)38-24(9-4-5-10-26(33)34)28(42)31-36-14-15-45-31)18-25(40)23(11-12-27(35)41)37-29(43)21(17-20(3)39)8-6-7-13-32/h14-15,19,21-24H,4-13,16-18,32H2,1-3H3,(H3,33,34)(H2,35,41)(H,37,43)(H,38,44)/t21-,22-,23+,24+/m1/s1. The summed E-state index contributed by atoms with van der Waals surface area (Å²) in [7, 11) is 0. The van der Waals surface area contributed by atoms with E-state index in [1.165, 1.54) is 13.1 Å².